The zero-order valence-electron chi connectivity index (χ0n) is 22.2. The number of benzene rings is 2. The van der Waals surface area contributed by atoms with Gasteiger partial charge >= 0.3 is 0 Å². The molecule has 3 aliphatic carbocycles. The Balaban J connectivity index is 1.27. The summed E-state index contributed by atoms with van der Waals surface area (Å²) in [7, 11) is 1.75. The van der Waals surface area contributed by atoms with Gasteiger partial charge in [0.2, 0.25) is 0 Å². The fourth-order valence-corrected chi connectivity index (χ4v) is 7.52. The third-order valence-electron chi connectivity index (χ3n) is 9.91. The molecule has 0 aromatic heterocycles. The van der Waals surface area contributed by atoms with Crippen LogP contribution >= 0.6 is 0 Å². The molecule has 5 atom stereocenters. The van der Waals surface area contributed by atoms with Crippen molar-refractivity contribution >= 4 is 5.91 Å². The Kier molecular flexibility index (Phi) is 5.09. The molecule has 5 aliphatic rings. The third-order valence-corrected chi connectivity index (χ3v) is 9.91. The molecule has 2 aromatic rings. The number of amides is 1. The number of phenolic OH excluding ortho intramolecular Hbond substituents is 1. The minimum Gasteiger partial charge on any atom is -0.504 e. The highest BCUT2D eigenvalue weighted by Gasteiger charge is 2.72. The number of hydrogen-bond acceptors (Lipinski definition) is 5. The van der Waals surface area contributed by atoms with E-state index in [0.717, 1.165) is 47.7 Å². The van der Waals surface area contributed by atoms with Crippen molar-refractivity contribution < 1.29 is 19.7 Å². The summed E-state index contributed by atoms with van der Waals surface area (Å²) in [4.78, 5) is 17.4. The second-order valence-electron chi connectivity index (χ2n) is 12.0. The van der Waals surface area contributed by atoms with Crippen molar-refractivity contribution in [1.29, 1.82) is 0 Å². The van der Waals surface area contributed by atoms with Crippen LogP contribution in [0.15, 0.2) is 42.5 Å². The van der Waals surface area contributed by atoms with Crippen LogP contribution in [0.4, 0.5) is 0 Å². The van der Waals surface area contributed by atoms with Gasteiger partial charge in [0, 0.05) is 36.7 Å². The molecular formula is C32H34N2O4. The van der Waals surface area contributed by atoms with Crippen LogP contribution in [-0.2, 0) is 16.6 Å². The van der Waals surface area contributed by atoms with Crippen LogP contribution in [0.5, 0.6) is 11.5 Å². The van der Waals surface area contributed by atoms with Crippen molar-refractivity contribution in [1.82, 2.24) is 9.80 Å². The molecule has 1 spiro atoms. The largest absolute Gasteiger partial charge is 0.504 e. The van der Waals surface area contributed by atoms with Gasteiger partial charge in [0.1, 0.15) is 11.7 Å². The van der Waals surface area contributed by atoms with E-state index in [1.807, 2.05) is 43.3 Å². The van der Waals surface area contributed by atoms with E-state index in [9.17, 15) is 15.0 Å². The van der Waals surface area contributed by atoms with E-state index in [0.29, 0.717) is 12.2 Å². The Bertz CT molecular complexity index is 1450. The molecule has 1 saturated heterocycles. The van der Waals surface area contributed by atoms with Crippen LogP contribution in [-0.4, -0.2) is 69.8 Å². The molecule has 1 saturated carbocycles. The average Bonchev–Trinajstić information content (AvgIpc) is 3.64. The number of likely N-dealkylation sites (N-methyl/N-ethyl adjacent to an activating group) is 1. The van der Waals surface area contributed by atoms with Gasteiger partial charge in [-0.25, -0.2) is 0 Å². The van der Waals surface area contributed by atoms with Gasteiger partial charge in [0.15, 0.2) is 11.5 Å². The van der Waals surface area contributed by atoms with E-state index in [1.165, 1.54) is 18.4 Å². The molecule has 2 heterocycles. The van der Waals surface area contributed by atoms with Crippen molar-refractivity contribution in [2.24, 2.45) is 5.92 Å². The maximum absolute atomic E-state index is 13.3. The standard InChI is InChI=1S/C32H34N2O4/c1-19-4-5-21(16-20(19)2)8-11-27(36)33(3)24-12-13-32(37)26-17-23-9-10-25(35)29-28(23)31(32,30(24)38-29)14-15-34(26)18-22-6-7-22/h4-5,9-10,12-13,16,22,24,26,30,35,37H,6-7,14-15,17-18H2,1-3H3/t24-,26-,30+,31+,32-/m1/s1. The molecule has 0 unspecified atom stereocenters. The maximum atomic E-state index is 13.3. The Morgan fingerprint density at radius 1 is 1.21 bits per heavy atom. The van der Waals surface area contributed by atoms with Gasteiger partial charge in [-0.05, 0) is 86.9 Å². The first-order valence-electron chi connectivity index (χ1n) is 13.8. The molecule has 2 N–H and O–H groups in total. The summed E-state index contributed by atoms with van der Waals surface area (Å²) in [5.74, 6) is 6.82. The Hall–Kier alpha value is -3.27. The fraction of sp³-hybridized carbons (Fsp3) is 0.469. The van der Waals surface area contributed by atoms with Crippen LogP contribution in [0.3, 0.4) is 0 Å². The molecule has 6 nitrogen and oxygen atoms in total. The van der Waals surface area contributed by atoms with Gasteiger partial charge < -0.3 is 19.8 Å². The average molecular weight is 511 g/mol. The zero-order valence-corrected chi connectivity index (χ0v) is 22.2. The van der Waals surface area contributed by atoms with E-state index in [2.05, 4.69) is 23.7 Å². The number of aromatic hydroxyl groups is 1. The second kappa shape index (κ2) is 8.11. The lowest BCUT2D eigenvalue weighted by molar-refractivity contribution is -0.154. The van der Waals surface area contributed by atoms with Gasteiger partial charge in [-0.3, -0.25) is 9.69 Å². The predicted octanol–water partition coefficient (Wildman–Crippen LogP) is 3.23. The molecule has 196 valence electrons. The number of nitrogens with zero attached hydrogens (tertiary/aromatic N) is 2. The summed E-state index contributed by atoms with van der Waals surface area (Å²) < 4.78 is 6.56. The third kappa shape index (κ3) is 3.18. The summed E-state index contributed by atoms with van der Waals surface area (Å²) >= 11 is 0. The van der Waals surface area contributed by atoms with Gasteiger partial charge in [0.25, 0.3) is 5.91 Å². The first-order valence-corrected chi connectivity index (χ1v) is 13.8. The SMILES string of the molecule is Cc1ccc(C#CC(=O)N(C)[C@@H]2C=C[C@@]3(O)[C@H]4Cc5ccc(O)c6c5[C@@]3(CCN4CC3CC3)[C@H]2O6)cc1C. The molecular weight excluding hydrogens is 476 g/mol. The normalized spacial score (nSPS) is 32.2. The number of ether oxygens (including phenoxy) is 1. The summed E-state index contributed by atoms with van der Waals surface area (Å²) in [6, 6.07) is 9.15. The molecule has 1 amide bonds. The van der Waals surface area contributed by atoms with Crippen molar-refractivity contribution in [2.75, 3.05) is 20.1 Å². The van der Waals surface area contributed by atoms with E-state index >= 15 is 0 Å². The molecule has 0 radical (unpaired) electrons. The fourth-order valence-electron chi connectivity index (χ4n) is 7.52. The number of aryl methyl sites for hydroxylation is 2. The number of hydrogen-bond donors (Lipinski definition) is 2. The first-order chi connectivity index (χ1) is 18.2. The molecule has 7 rings (SSSR count). The van der Waals surface area contributed by atoms with E-state index in [-0.39, 0.29) is 17.7 Å². The Morgan fingerprint density at radius 3 is 2.79 bits per heavy atom. The van der Waals surface area contributed by atoms with Crippen molar-refractivity contribution in [3.63, 3.8) is 0 Å². The van der Waals surface area contributed by atoms with Crippen LogP contribution < -0.4 is 4.74 Å². The first kappa shape index (κ1) is 23.8. The predicted molar refractivity (Wildman–Crippen MR) is 144 cm³/mol. The Morgan fingerprint density at radius 2 is 2.03 bits per heavy atom. The number of piperidine rings is 1. The quantitative estimate of drug-likeness (QED) is 0.490. The van der Waals surface area contributed by atoms with E-state index in [4.69, 9.17) is 4.74 Å². The van der Waals surface area contributed by atoms with Crippen molar-refractivity contribution in [2.45, 2.75) is 68.7 Å². The van der Waals surface area contributed by atoms with Gasteiger partial charge in [-0.2, -0.15) is 0 Å². The Labute approximate surface area is 223 Å². The topological polar surface area (TPSA) is 73.2 Å². The molecule has 2 fully saturated rings. The highest BCUT2D eigenvalue weighted by Crippen LogP contribution is 2.64. The number of aliphatic hydroxyl groups is 1. The summed E-state index contributed by atoms with van der Waals surface area (Å²) in [6.07, 6.45) is 7.31. The highest BCUT2D eigenvalue weighted by molar-refractivity contribution is 5.94. The number of rotatable bonds is 3. The molecule has 2 aliphatic heterocycles. The lowest BCUT2D eigenvalue weighted by Crippen LogP contribution is -2.76. The summed E-state index contributed by atoms with van der Waals surface area (Å²) in [6.45, 7) is 5.96. The van der Waals surface area contributed by atoms with Crippen LogP contribution in [0.25, 0.3) is 0 Å². The van der Waals surface area contributed by atoms with E-state index < -0.39 is 23.2 Å². The van der Waals surface area contributed by atoms with Gasteiger partial charge in [-0.15, -0.1) is 0 Å². The summed E-state index contributed by atoms with van der Waals surface area (Å²) in [5.41, 5.74) is 3.33. The maximum Gasteiger partial charge on any atom is 0.299 e. The van der Waals surface area contributed by atoms with Gasteiger partial charge in [0.05, 0.1) is 11.5 Å². The number of phenols is 1. The molecule has 2 aromatic carbocycles. The second-order valence-corrected chi connectivity index (χ2v) is 12.0. The minimum atomic E-state index is -1.14. The van der Waals surface area contributed by atoms with Crippen molar-refractivity contribution in [3.8, 4) is 23.3 Å². The monoisotopic (exact) mass is 510 g/mol. The highest BCUT2D eigenvalue weighted by atomic mass is 16.5. The van der Waals surface area contributed by atoms with Crippen molar-refractivity contribution in [3.05, 3.63) is 70.3 Å². The summed E-state index contributed by atoms with van der Waals surface area (Å²) in [5, 5.41) is 23.3. The molecule has 6 heteroatoms. The molecule has 2 bridgehead atoms. The number of carbonyl (C=O) groups excluding carboxylic acids is 1. The molecule has 38 heavy (non-hydrogen) atoms. The zero-order chi connectivity index (χ0) is 26.4. The van der Waals surface area contributed by atoms with E-state index in [1.54, 1.807) is 18.0 Å². The number of likely N-dealkylation sites (tertiary alicyclic amines) is 1. The van der Waals surface area contributed by atoms with Crippen LogP contribution in [0, 0.1) is 31.6 Å². The minimum absolute atomic E-state index is 0.0614. The number of carbonyl (C=O) groups is 1. The lowest BCUT2D eigenvalue weighted by Gasteiger charge is -2.62. The van der Waals surface area contributed by atoms with Crippen LogP contribution in [0.2, 0.25) is 0 Å². The van der Waals surface area contributed by atoms with Crippen LogP contribution in [0.1, 0.15) is 47.1 Å². The van der Waals surface area contributed by atoms with Gasteiger partial charge in [-0.1, -0.05) is 30.2 Å². The lowest BCUT2D eigenvalue weighted by atomic mass is 9.50. The smallest absolute Gasteiger partial charge is 0.299 e.